The summed E-state index contributed by atoms with van der Waals surface area (Å²) in [5.74, 6) is -2.18. The molecule has 12 heteroatoms. The molecule has 0 radical (unpaired) electrons. The van der Waals surface area contributed by atoms with Crippen LogP contribution in [0, 0.1) is 11.7 Å². The summed E-state index contributed by atoms with van der Waals surface area (Å²) in [6.45, 7) is 0.285. The maximum absolute atomic E-state index is 14.6. The zero-order valence-corrected chi connectivity index (χ0v) is 19.5. The van der Waals surface area contributed by atoms with Crippen LogP contribution in [-0.4, -0.2) is 49.0 Å². The first-order valence-electron chi connectivity index (χ1n) is 11.0. The molecular weight excluding hydrogens is 490 g/mol. The van der Waals surface area contributed by atoms with Crippen LogP contribution in [0.15, 0.2) is 41.6 Å². The maximum atomic E-state index is 14.6. The zero-order valence-electron chi connectivity index (χ0n) is 18.7. The van der Waals surface area contributed by atoms with Gasteiger partial charge < -0.3 is 10.2 Å². The van der Waals surface area contributed by atoms with Gasteiger partial charge in [0.15, 0.2) is 14.9 Å². The van der Waals surface area contributed by atoms with E-state index in [2.05, 4.69) is 10.3 Å². The fraction of sp³-hybridized carbons (Fsp3) is 0.435. The Kier molecular flexibility index (Phi) is 6.60. The Labute approximate surface area is 199 Å². The van der Waals surface area contributed by atoms with Crippen LogP contribution in [0.5, 0.6) is 0 Å². The molecule has 4 rings (SSSR count). The number of nitrogens with zero attached hydrogens (tertiary/aromatic N) is 2. The smallest absolute Gasteiger partial charge is 0.347 e. The highest BCUT2D eigenvalue weighted by Crippen LogP contribution is 2.43. The van der Waals surface area contributed by atoms with Gasteiger partial charge in [-0.15, -0.1) is 0 Å². The monoisotopic (exact) mass is 513 g/mol. The van der Waals surface area contributed by atoms with Crippen LogP contribution in [0.3, 0.4) is 0 Å². The van der Waals surface area contributed by atoms with Crippen molar-refractivity contribution in [2.45, 2.75) is 49.0 Å². The Hall–Kier alpha value is -3.02. The summed E-state index contributed by atoms with van der Waals surface area (Å²) in [7, 11) is -3.54. The van der Waals surface area contributed by atoms with E-state index in [9.17, 15) is 35.6 Å². The number of amides is 2. The molecule has 2 atom stereocenters. The van der Waals surface area contributed by atoms with E-state index in [4.69, 9.17) is 0 Å². The normalized spacial score (nSPS) is 19.5. The van der Waals surface area contributed by atoms with E-state index in [1.807, 2.05) is 0 Å². The second-order valence-electron chi connectivity index (χ2n) is 8.87. The van der Waals surface area contributed by atoms with E-state index in [0.717, 1.165) is 24.6 Å². The molecule has 2 amide bonds. The number of likely N-dealkylation sites (tertiary alicyclic amines) is 1. The standard InChI is InChI=1S/C23H23F4N3O4S/c1-35(33,34)19-9-6-14(12-28-19)22(32)30-10-2-3-18(30)21(31)29-20(13-4-5-13)16-8-7-15(11-17(16)24)23(25,26)27/h6-9,11-13,18,20H,2-5,10H2,1H3,(H,29,31)/t18-,20-/m1/s1. The number of pyridine rings is 1. The lowest BCUT2D eigenvalue weighted by atomic mass is 9.99. The van der Waals surface area contributed by atoms with Crippen molar-refractivity contribution in [3.05, 3.63) is 59.0 Å². The highest BCUT2D eigenvalue weighted by molar-refractivity contribution is 7.90. The van der Waals surface area contributed by atoms with E-state index in [1.54, 1.807) is 0 Å². The molecule has 1 aromatic heterocycles. The minimum atomic E-state index is -4.68. The molecule has 7 nitrogen and oxygen atoms in total. The van der Waals surface area contributed by atoms with E-state index >= 15 is 0 Å². The van der Waals surface area contributed by atoms with Gasteiger partial charge in [-0.25, -0.2) is 17.8 Å². The molecule has 2 aliphatic rings. The van der Waals surface area contributed by atoms with Crippen LogP contribution in [0.25, 0.3) is 0 Å². The fourth-order valence-corrected chi connectivity index (χ4v) is 4.82. The average Bonchev–Trinajstić information content (AvgIpc) is 3.51. The first-order valence-corrected chi connectivity index (χ1v) is 12.9. The van der Waals surface area contributed by atoms with Crippen LogP contribution < -0.4 is 5.32 Å². The third-order valence-corrected chi connectivity index (χ3v) is 7.23. The van der Waals surface area contributed by atoms with Gasteiger partial charge in [-0.1, -0.05) is 6.07 Å². The summed E-state index contributed by atoms with van der Waals surface area (Å²) in [5.41, 5.74) is -1.02. The Balaban J connectivity index is 1.51. The van der Waals surface area contributed by atoms with Crippen molar-refractivity contribution in [3.63, 3.8) is 0 Å². The van der Waals surface area contributed by atoms with Gasteiger partial charge in [-0.05, 0) is 55.9 Å². The summed E-state index contributed by atoms with van der Waals surface area (Å²) in [6.07, 6.45) is -0.268. The average molecular weight is 514 g/mol. The number of alkyl halides is 3. The molecule has 0 unspecified atom stereocenters. The summed E-state index contributed by atoms with van der Waals surface area (Å²) >= 11 is 0. The minimum absolute atomic E-state index is 0.0229. The lowest BCUT2D eigenvalue weighted by Crippen LogP contribution is -2.47. The molecule has 2 aromatic rings. The fourth-order valence-electron chi connectivity index (χ4n) is 4.26. The van der Waals surface area contributed by atoms with Crippen molar-refractivity contribution in [3.8, 4) is 0 Å². The summed E-state index contributed by atoms with van der Waals surface area (Å²) in [5, 5.41) is 2.57. The second-order valence-corrected chi connectivity index (χ2v) is 10.8. The Morgan fingerprint density at radius 2 is 1.86 bits per heavy atom. The van der Waals surface area contributed by atoms with Crippen molar-refractivity contribution in [1.29, 1.82) is 0 Å². The number of carbonyl (C=O) groups excluding carboxylic acids is 2. The quantitative estimate of drug-likeness (QED) is 0.597. The lowest BCUT2D eigenvalue weighted by Gasteiger charge is -2.27. The van der Waals surface area contributed by atoms with Gasteiger partial charge in [-0.2, -0.15) is 13.2 Å². The SMILES string of the molecule is CS(=O)(=O)c1ccc(C(=O)N2CCC[C@@H]2C(=O)N[C@@H](c2ccc(C(F)(F)F)cc2F)C2CC2)cn1. The molecular formula is C23H23F4N3O4S. The van der Waals surface area contributed by atoms with E-state index in [0.29, 0.717) is 31.7 Å². The molecule has 35 heavy (non-hydrogen) atoms. The van der Waals surface area contributed by atoms with Gasteiger partial charge >= 0.3 is 6.18 Å². The Morgan fingerprint density at radius 3 is 2.40 bits per heavy atom. The molecule has 1 saturated heterocycles. The third kappa shape index (κ3) is 5.47. The first-order chi connectivity index (χ1) is 16.4. The van der Waals surface area contributed by atoms with Gasteiger partial charge in [0.1, 0.15) is 11.9 Å². The largest absolute Gasteiger partial charge is 0.416 e. The molecule has 1 aliphatic carbocycles. The number of benzene rings is 1. The molecule has 2 heterocycles. The molecule has 1 aromatic carbocycles. The number of hydrogen-bond donors (Lipinski definition) is 1. The highest BCUT2D eigenvalue weighted by atomic mass is 32.2. The predicted octanol–water partition coefficient (Wildman–Crippen LogP) is 3.52. The molecule has 0 bridgehead atoms. The third-order valence-electron chi connectivity index (χ3n) is 6.23. The van der Waals surface area contributed by atoms with Crippen molar-refractivity contribution >= 4 is 21.7 Å². The van der Waals surface area contributed by atoms with Gasteiger partial charge in [-0.3, -0.25) is 9.59 Å². The van der Waals surface area contributed by atoms with Crippen molar-refractivity contribution < 1.29 is 35.6 Å². The van der Waals surface area contributed by atoms with Gasteiger partial charge in [0, 0.05) is 24.6 Å². The number of aromatic nitrogens is 1. The number of nitrogens with one attached hydrogen (secondary N) is 1. The van der Waals surface area contributed by atoms with Crippen molar-refractivity contribution in [2.24, 2.45) is 5.92 Å². The van der Waals surface area contributed by atoms with Gasteiger partial charge in [0.25, 0.3) is 5.91 Å². The molecule has 1 aliphatic heterocycles. The van der Waals surface area contributed by atoms with Crippen LogP contribution >= 0.6 is 0 Å². The van der Waals surface area contributed by atoms with Crippen LogP contribution in [0.2, 0.25) is 0 Å². The van der Waals surface area contributed by atoms with E-state index in [-0.39, 0.29) is 28.6 Å². The van der Waals surface area contributed by atoms with E-state index < -0.39 is 51.3 Å². The highest BCUT2D eigenvalue weighted by Gasteiger charge is 2.40. The van der Waals surface area contributed by atoms with Gasteiger partial charge in [0.2, 0.25) is 5.91 Å². The number of hydrogen-bond acceptors (Lipinski definition) is 5. The number of sulfone groups is 1. The minimum Gasteiger partial charge on any atom is -0.347 e. The molecule has 1 saturated carbocycles. The Morgan fingerprint density at radius 1 is 1.14 bits per heavy atom. The Bertz CT molecular complexity index is 1240. The van der Waals surface area contributed by atoms with Crippen molar-refractivity contribution in [1.82, 2.24) is 15.2 Å². The van der Waals surface area contributed by atoms with Crippen LogP contribution in [0.4, 0.5) is 17.6 Å². The van der Waals surface area contributed by atoms with Crippen LogP contribution in [-0.2, 0) is 20.8 Å². The molecule has 1 N–H and O–H groups in total. The number of halogens is 4. The number of rotatable bonds is 6. The molecule has 0 spiro atoms. The summed E-state index contributed by atoms with van der Waals surface area (Å²) in [4.78, 5) is 31.3. The summed E-state index contributed by atoms with van der Waals surface area (Å²) in [6, 6.07) is 3.14. The maximum Gasteiger partial charge on any atom is 0.416 e. The van der Waals surface area contributed by atoms with Gasteiger partial charge in [0.05, 0.1) is 17.2 Å². The van der Waals surface area contributed by atoms with Crippen molar-refractivity contribution in [2.75, 3.05) is 12.8 Å². The second kappa shape index (κ2) is 9.21. The molecule has 2 fully saturated rings. The summed E-state index contributed by atoms with van der Waals surface area (Å²) < 4.78 is 76.6. The predicted molar refractivity (Wildman–Crippen MR) is 116 cm³/mol. The number of carbonyl (C=O) groups is 2. The lowest BCUT2D eigenvalue weighted by molar-refractivity contribution is -0.137. The topological polar surface area (TPSA) is 96.4 Å². The first kappa shape index (κ1) is 25.1. The molecule has 188 valence electrons. The van der Waals surface area contributed by atoms with E-state index in [1.165, 1.54) is 17.0 Å². The van der Waals surface area contributed by atoms with Crippen LogP contribution in [0.1, 0.15) is 53.2 Å². The zero-order chi connectivity index (χ0) is 25.5.